The fraction of sp³-hybridized carbons (Fsp3) is 0. The van der Waals surface area contributed by atoms with Crippen molar-refractivity contribution < 1.29 is 24.7 Å². The molecule has 0 fully saturated rings. The maximum Gasteiger partial charge on any atom is 0.361 e. The van der Waals surface area contributed by atoms with Crippen molar-refractivity contribution in [3.05, 3.63) is 33.6 Å². The summed E-state index contributed by atoms with van der Waals surface area (Å²) in [5, 5.41) is 27.4. The van der Waals surface area contributed by atoms with Gasteiger partial charge < -0.3 is 10.2 Å². The van der Waals surface area contributed by atoms with Crippen LogP contribution < -0.4 is 0 Å². The Hall–Kier alpha value is -2.51. The molecule has 1 heterocycles. The normalized spacial score (nSPS) is 9.60. The van der Waals surface area contributed by atoms with Crippen LogP contribution in [0.25, 0.3) is 0 Å². The molecule has 0 saturated carbocycles. The van der Waals surface area contributed by atoms with Gasteiger partial charge in [0.05, 0.1) is 4.92 Å². The summed E-state index contributed by atoms with van der Waals surface area (Å²) in [7, 11) is 0. The molecular weight excluding hydrogens is 208 g/mol. The highest BCUT2D eigenvalue weighted by molar-refractivity contribution is 5.93. The van der Waals surface area contributed by atoms with Crippen molar-refractivity contribution in [1.29, 1.82) is 0 Å². The number of rotatable bonds is 3. The molecule has 15 heavy (non-hydrogen) atoms. The maximum atomic E-state index is 10.5. The number of nitrogens with zero attached hydrogens (tertiary/aromatic N) is 2. The van der Waals surface area contributed by atoms with Gasteiger partial charge in [-0.15, -0.1) is 0 Å². The van der Waals surface area contributed by atoms with Gasteiger partial charge in [-0.1, -0.05) is 0 Å². The number of carboxylic acids is 2. The molecule has 0 spiro atoms. The predicted molar refractivity (Wildman–Crippen MR) is 44.8 cm³/mol. The highest BCUT2D eigenvalue weighted by Crippen LogP contribution is 2.16. The molecule has 0 unspecified atom stereocenters. The van der Waals surface area contributed by atoms with Crippen molar-refractivity contribution in [3.8, 4) is 0 Å². The number of carbonyl (C=O) groups is 2. The van der Waals surface area contributed by atoms with Crippen LogP contribution in [-0.4, -0.2) is 32.1 Å². The average Bonchev–Trinajstić information content (AvgIpc) is 2.16. The molecule has 0 saturated heterocycles. The molecule has 0 aromatic carbocycles. The summed E-state index contributed by atoms with van der Waals surface area (Å²) in [6.07, 6.45) is 0. The number of aromatic nitrogens is 1. The second-order valence-electron chi connectivity index (χ2n) is 2.43. The van der Waals surface area contributed by atoms with E-state index in [2.05, 4.69) is 4.98 Å². The number of hydrogen-bond acceptors (Lipinski definition) is 5. The fourth-order valence-corrected chi connectivity index (χ4v) is 0.876. The lowest BCUT2D eigenvalue weighted by molar-refractivity contribution is -0.385. The zero-order valence-corrected chi connectivity index (χ0v) is 7.08. The molecule has 1 rings (SSSR count). The lowest BCUT2D eigenvalue weighted by atomic mass is 10.2. The van der Waals surface area contributed by atoms with E-state index in [0.717, 1.165) is 12.1 Å². The Morgan fingerprint density at radius 1 is 1.27 bits per heavy atom. The minimum Gasteiger partial charge on any atom is -0.477 e. The fourth-order valence-electron chi connectivity index (χ4n) is 0.876. The molecular formula is C7H4N2O6. The molecule has 2 N–H and O–H groups in total. The van der Waals surface area contributed by atoms with Crippen LogP contribution in [-0.2, 0) is 0 Å². The predicted octanol–water partition coefficient (Wildman–Crippen LogP) is 0.386. The van der Waals surface area contributed by atoms with Gasteiger partial charge in [0.15, 0.2) is 0 Å². The van der Waals surface area contributed by atoms with E-state index in [1.165, 1.54) is 0 Å². The topological polar surface area (TPSA) is 131 Å². The van der Waals surface area contributed by atoms with E-state index in [4.69, 9.17) is 10.2 Å². The smallest absolute Gasteiger partial charge is 0.361 e. The Labute approximate surface area is 81.9 Å². The minimum atomic E-state index is -1.65. The molecule has 0 amide bonds. The molecule has 0 aliphatic rings. The van der Waals surface area contributed by atoms with E-state index in [-0.39, 0.29) is 0 Å². The van der Waals surface area contributed by atoms with Crippen molar-refractivity contribution >= 4 is 17.6 Å². The molecule has 1 aromatic rings. The first-order chi connectivity index (χ1) is 6.93. The Kier molecular flexibility index (Phi) is 2.61. The Morgan fingerprint density at radius 2 is 1.87 bits per heavy atom. The summed E-state index contributed by atoms with van der Waals surface area (Å²) < 4.78 is 0. The summed E-state index contributed by atoms with van der Waals surface area (Å²) in [5.41, 5.74) is -2.19. The molecule has 0 aliphatic carbocycles. The van der Waals surface area contributed by atoms with Crippen molar-refractivity contribution in [2.24, 2.45) is 0 Å². The van der Waals surface area contributed by atoms with E-state index in [1.54, 1.807) is 0 Å². The summed E-state index contributed by atoms with van der Waals surface area (Å²) in [4.78, 5) is 33.5. The van der Waals surface area contributed by atoms with E-state index >= 15 is 0 Å². The lowest BCUT2D eigenvalue weighted by Gasteiger charge is -1.98. The third-order valence-corrected chi connectivity index (χ3v) is 1.49. The summed E-state index contributed by atoms with van der Waals surface area (Å²) in [6.45, 7) is 0. The molecule has 8 heteroatoms. The van der Waals surface area contributed by atoms with Crippen molar-refractivity contribution in [1.82, 2.24) is 4.98 Å². The standard InChI is InChI=1S/C7H4N2O6/c10-6(11)3-1-2-4(9(14)15)5(8-3)7(12)13/h1-2H,(H,10,11)(H,12,13). The molecule has 1 aromatic heterocycles. The van der Waals surface area contributed by atoms with Crippen LogP contribution in [0, 0.1) is 10.1 Å². The van der Waals surface area contributed by atoms with Crippen LogP contribution in [0.4, 0.5) is 5.69 Å². The monoisotopic (exact) mass is 212 g/mol. The quantitative estimate of drug-likeness (QED) is 0.546. The van der Waals surface area contributed by atoms with Crippen LogP contribution in [0.3, 0.4) is 0 Å². The number of carboxylic acid groups (broad SMARTS) is 2. The third-order valence-electron chi connectivity index (χ3n) is 1.49. The summed E-state index contributed by atoms with van der Waals surface area (Å²) in [6, 6.07) is 1.66. The van der Waals surface area contributed by atoms with Gasteiger partial charge in [0, 0.05) is 6.07 Å². The molecule has 78 valence electrons. The van der Waals surface area contributed by atoms with Gasteiger partial charge in [0.1, 0.15) is 5.69 Å². The zero-order chi connectivity index (χ0) is 11.6. The second-order valence-corrected chi connectivity index (χ2v) is 2.43. The van der Waals surface area contributed by atoms with Crippen molar-refractivity contribution in [2.75, 3.05) is 0 Å². The van der Waals surface area contributed by atoms with Gasteiger partial charge in [-0.3, -0.25) is 10.1 Å². The number of hydrogen-bond donors (Lipinski definition) is 2. The zero-order valence-electron chi connectivity index (χ0n) is 7.08. The molecule has 0 radical (unpaired) electrons. The van der Waals surface area contributed by atoms with Gasteiger partial charge in [0.25, 0.3) is 0 Å². The summed E-state index contributed by atoms with van der Waals surface area (Å²) in [5.74, 6) is -3.10. The molecule has 0 bridgehead atoms. The van der Waals surface area contributed by atoms with Gasteiger partial charge in [-0.05, 0) is 6.07 Å². The van der Waals surface area contributed by atoms with Gasteiger partial charge in [-0.25, -0.2) is 14.6 Å². The average molecular weight is 212 g/mol. The van der Waals surface area contributed by atoms with E-state index < -0.39 is 33.9 Å². The maximum absolute atomic E-state index is 10.5. The lowest BCUT2D eigenvalue weighted by Crippen LogP contribution is -2.10. The van der Waals surface area contributed by atoms with Crippen LogP contribution >= 0.6 is 0 Å². The van der Waals surface area contributed by atoms with E-state index in [1.807, 2.05) is 0 Å². The minimum absolute atomic E-state index is 0.557. The van der Waals surface area contributed by atoms with Gasteiger partial charge >= 0.3 is 17.6 Å². The van der Waals surface area contributed by atoms with Crippen LogP contribution in [0.15, 0.2) is 12.1 Å². The summed E-state index contributed by atoms with van der Waals surface area (Å²) >= 11 is 0. The van der Waals surface area contributed by atoms with E-state index in [9.17, 15) is 19.7 Å². The Bertz CT molecular complexity index is 455. The van der Waals surface area contributed by atoms with Crippen LogP contribution in [0.2, 0.25) is 0 Å². The third kappa shape index (κ3) is 2.05. The first-order valence-electron chi connectivity index (χ1n) is 3.55. The number of aromatic carboxylic acids is 2. The Morgan fingerprint density at radius 3 is 2.27 bits per heavy atom. The molecule has 0 atom stereocenters. The highest BCUT2D eigenvalue weighted by atomic mass is 16.6. The van der Waals surface area contributed by atoms with Crippen LogP contribution in [0.1, 0.15) is 21.0 Å². The number of pyridine rings is 1. The number of nitro groups is 1. The molecule has 0 aliphatic heterocycles. The SMILES string of the molecule is O=C(O)c1ccc([N+](=O)[O-])c(C(=O)O)n1. The highest BCUT2D eigenvalue weighted by Gasteiger charge is 2.23. The first kappa shape index (κ1) is 10.6. The first-order valence-corrected chi connectivity index (χ1v) is 3.55. The van der Waals surface area contributed by atoms with E-state index in [0.29, 0.717) is 0 Å². The Balaban J connectivity index is 3.40. The largest absolute Gasteiger partial charge is 0.477 e. The second kappa shape index (κ2) is 3.70. The molecule has 8 nitrogen and oxygen atoms in total. The van der Waals surface area contributed by atoms with Gasteiger partial charge in [-0.2, -0.15) is 0 Å². The van der Waals surface area contributed by atoms with Crippen molar-refractivity contribution in [3.63, 3.8) is 0 Å². The van der Waals surface area contributed by atoms with Gasteiger partial charge in [0.2, 0.25) is 5.69 Å². The van der Waals surface area contributed by atoms with Crippen molar-refractivity contribution in [2.45, 2.75) is 0 Å². The van der Waals surface area contributed by atoms with Crippen LogP contribution in [0.5, 0.6) is 0 Å².